The highest BCUT2D eigenvalue weighted by Crippen LogP contribution is 2.35. The van der Waals surface area contributed by atoms with Crippen LogP contribution < -0.4 is 14.8 Å². The van der Waals surface area contributed by atoms with Crippen molar-refractivity contribution in [2.24, 2.45) is 5.92 Å². The first-order chi connectivity index (χ1) is 18.9. The summed E-state index contributed by atoms with van der Waals surface area (Å²) >= 11 is 0. The maximum atomic E-state index is 14.0. The lowest BCUT2D eigenvalue weighted by Gasteiger charge is -2.16. The van der Waals surface area contributed by atoms with E-state index in [1.54, 1.807) is 12.1 Å². The number of hydrogen-bond donors (Lipinski definition) is 3. The Kier molecular flexibility index (Phi) is 8.35. The number of aromatic nitrogens is 2. The Balaban J connectivity index is 1.79. The second kappa shape index (κ2) is 11.7. The average molecular weight is 571 g/mol. The number of rotatable bonds is 11. The van der Waals surface area contributed by atoms with E-state index in [0.717, 1.165) is 10.7 Å². The van der Waals surface area contributed by atoms with Crippen LogP contribution in [0.1, 0.15) is 42.1 Å². The van der Waals surface area contributed by atoms with Gasteiger partial charge in [0.1, 0.15) is 22.2 Å². The molecule has 2 heterocycles. The van der Waals surface area contributed by atoms with Crippen LogP contribution in [0.3, 0.4) is 0 Å². The number of carboxylic acid groups (broad SMARTS) is 1. The zero-order valence-electron chi connectivity index (χ0n) is 21.8. The molecule has 0 unspecified atom stereocenters. The summed E-state index contributed by atoms with van der Waals surface area (Å²) in [5, 5.41) is 16.4. The van der Waals surface area contributed by atoms with Crippen LogP contribution in [-0.2, 0) is 21.4 Å². The minimum absolute atomic E-state index is 0.0790. The predicted molar refractivity (Wildman–Crippen MR) is 143 cm³/mol. The number of ether oxygens (including phenoxy) is 1. The van der Waals surface area contributed by atoms with Crippen molar-refractivity contribution in [2.75, 3.05) is 5.32 Å². The van der Waals surface area contributed by atoms with Gasteiger partial charge in [-0.05, 0) is 61.4 Å². The van der Waals surface area contributed by atoms with Gasteiger partial charge in [-0.2, -0.15) is 9.78 Å². The normalized spacial score (nSPS) is 11.5. The highest BCUT2D eigenvalue weighted by Gasteiger charge is 2.27. The summed E-state index contributed by atoms with van der Waals surface area (Å²) in [7, 11) is -4.27. The molecule has 0 bridgehead atoms. The maximum Gasteiger partial charge on any atom is 0.356 e. The van der Waals surface area contributed by atoms with Crippen LogP contribution >= 0.6 is 0 Å². The van der Waals surface area contributed by atoms with E-state index in [1.807, 2.05) is 13.8 Å². The summed E-state index contributed by atoms with van der Waals surface area (Å²) in [5.74, 6) is -2.14. The second-order valence-corrected chi connectivity index (χ2v) is 11.0. The average Bonchev–Trinajstić information content (AvgIpc) is 3.51. The number of benzene rings is 2. The molecule has 11 nitrogen and oxygen atoms in total. The Labute approximate surface area is 229 Å². The molecular formula is C27H27FN4O7S. The smallest absolute Gasteiger partial charge is 0.356 e. The molecule has 40 heavy (non-hydrogen) atoms. The summed E-state index contributed by atoms with van der Waals surface area (Å²) in [6, 6.07) is 12.5. The summed E-state index contributed by atoms with van der Waals surface area (Å²) in [6.07, 6.45) is 1.63. The number of carboxylic acids is 1. The number of carbonyl (C=O) groups excluding carboxylic acids is 1. The maximum absolute atomic E-state index is 14.0. The molecule has 0 spiro atoms. The number of amides is 1. The number of hydrogen-bond acceptors (Lipinski definition) is 7. The third kappa shape index (κ3) is 6.55. The van der Waals surface area contributed by atoms with Gasteiger partial charge in [0, 0.05) is 17.7 Å². The van der Waals surface area contributed by atoms with Crippen LogP contribution in [0.2, 0.25) is 0 Å². The van der Waals surface area contributed by atoms with Crippen molar-refractivity contribution in [2.45, 2.75) is 38.6 Å². The molecule has 2 aromatic heterocycles. The number of nitrogens with zero attached hydrogens (tertiary/aromatic N) is 2. The van der Waals surface area contributed by atoms with Gasteiger partial charge < -0.3 is 19.6 Å². The number of furan rings is 1. The van der Waals surface area contributed by atoms with Gasteiger partial charge in [-0.25, -0.2) is 22.3 Å². The molecule has 4 aromatic rings. The monoisotopic (exact) mass is 570 g/mol. The van der Waals surface area contributed by atoms with Crippen molar-refractivity contribution in [1.82, 2.24) is 14.5 Å². The Morgan fingerprint density at radius 3 is 2.58 bits per heavy atom. The summed E-state index contributed by atoms with van der Waals surface area (Å²) in [6.45, 7) is 5.02. The topological polar surface area (TPSA) is 153 Å². The molecule has 2 aromatic carbocycles. The molecule has 0 aliphatic heterocycles. The Bertz CT molecular complexity index is 1650. The van der Waals surface area contributed by atoms with Crippen molar-refractivity contribution in [3.63, 3.8) is 0 Å². The summed E-state index contributed by atoms with van der Waals surface area (Å²) in [4.78, 5) is 23.8. The van der Waals surface area contributed by atoms with Gasteiger partial charge in [-0.15, -0.1) is 0 Å². The Hall–Kier alpha value is -4.49. The SMILES string of the molecule is Cc1c(C(=O)O)nn(-c2cccc(F)c2)c1Oc1ccc(NC(=O)CC(C)C)cc1S(=O)(=O)NCc1ccco1. The predicted octanol–water partition coefficient (Wildman–Crippen LogP) is 4.87. The van der Waals surface area contributed by atoms with Crippen LogP contribution in [0, 0.1) is 18.7 Å². The van der Waals surface area contributed by atoms with E-state index in [-0.39, 0.29) is 63.9 Å². The first kappa shape index (κ1) is 28.5. The van der Waals surface area contributed by atoms with E-state index in [0.29, 0.717) is 5.76 Å². The van der Waals surface area contributed by atoms with Crippen LogP contribution in [0.5, 0.6) is 11.6 Å². The van der Waals surface area contributed by atoms with Crippen LogP contribution in [0.25, 0.3) is 5.69 Å². The number of anilines is 1. The van der Waals surface area contributed by atoms with E-state index < -0.39 is 21.8 Å². The molecule has 0 radical (unpaired) electrons. The first-order valence-corrected chi connectivity index (χ1v) is 13.7. The van der Waals surface area contributed by atoms with Crippen molar-refractivity contribution < 1.29 is 36.7 Å². The van der Waals surface area contributed by atoms with Crippen molar-refractivity contribution >= 4 is 27.6 Å². The van der Waals surface area contributed by atoms with E-state index in [1.165, 1.54) is 49.6 Å². The van der Waals surface area contributed by atoms with Crippen LogP contribution in [-0.4, -0.2) is 35.2 Å². The molecule has 1 amide bonds. The number of sulfonamides is 1. The lowest BCUT2D eigenvalue weighted by atomic mass is 10.1. The van der Waals surface area contributed by atoms with Gasteiger partial charge in [-0.3, -0.25) is 4.79 Å². The first-order valence-electron chi connectivity index (χ1n) is 12.2. The van der Waals surface area contributed by atoms with E-state index in [9.17, 15) is 27.5 Å². The molecule has 0 saturated heterocycles. The zero-order valence-corrected chi connectivity index (χ0v) is 22.7. The number of nitrogens with one attached hydrogen (secondary N) is 2. The number of aromatic carboxylic acids is 1. The Morgan fingerprint density at radius 2 is 1.93 bits per heavy atom. The number of carbonyl (C=O) groups is 2. The largest absolute Gasteiger partial charge is 0.476 e. The molecule has 0 fully saturated rings. The lowest BCUT2D eigenvalue weighted by Crippen LogP contribution is -2.24. The molecule has 3 N–H and O–H groups in total. The summed E-state index contributed by atoms with van der Waals surface area (Å²) < 4.78 is 55.6. The Morgan fingerprint density at radius 1 is 1.15 bits per heavy atom. The van der Waals surface area contributed by atoms with Gasteiger partial charge in [0.25, 0.3) is 0 Å². The highest BCUT2D eigenvalue weighted by molar-refractivity contribution is 7.89. The fourth-order valence-corrected chi connectivity index (χ4v) is 4.95. The fraction of sp³-hybridized carbons (Fsp3) is 0.222. The van der Waals surface area contributed by atoms with Gasteiger partial charge in [0.15, 0.2) is 5.69 Å². The van der Waals surface area contributed by atoms with E-state index >= 15 is 0 Å². The van der Waals surface area contributed by atoms with E-state index in [4.69, 9.17) is 9.15 Å². The molecule has 0 aliphatic rings. The molecule has 13 heteroatoms. The molecule has 0 saturated carbocycles. The fourth-order valence-electron chi connectivity index (χ4n) is 3.81. The molecule has 210 valence electrons. The molecule has 0 atom stereocenters. The zero-order chi connectivity index (χ0) is 29.0. The minimum Gasteiger partial charge on any atom is -0.476 e. The third-order valence-electron chi connectivity index (χ3n) is 5.66. The highest BCUT2D eigenvalue weighted by atomic mass is 32.2. The van der Waals surface area contributed by atoms with Gasteiger partial charge in [-0.1, -0.05) is 19.9 Å². The molecule has 4 rings (SSSR count). The quantitative estimate of drug-likeness (QED) is 0.231. The lowest BCUT2D eigenvalue weighted by molar-refractivity contribution is -0.116. The number of halogens is 1. The molecular weight excluding hydrogens is 543 g/mol. The van der Waals surface area contributed by atoms with Crippen molar-refractivity contribution in [1.29, 1.82) is 0 Å². The van der Waals surface area contributed by atoms with Crippen molar-refractivity contribution in [3.05, 3.63) is 83.7 Å². The van der Waals surface area contributed by atoms with Gasteiger partial charge in [0.2, 0.25) is 21.8 Å². The van der Waals surface area contributed by atoms with Crippen LogP contribution in [0.4, 0.5) is 10.1 Å². The van der Waals surface area contributed by atoms with Gasteiger partial charge >= 0.3 is 5.97 Å². The molecule has 0 aliphatic carbocycles. The second-order valence-electron chi connectivity index (χ2n) is 9.29. The third-order valence-corrected chi connectivity index (χ3v) is 7.08. The van der Waals surface area contributed by atoms with Crippen molar-refractivity contribution in [3.8, 4) is 17.3 Å². The summed E-state index contributed by atoms with van der Waals surface area (Å²) in [5.41, 5.74) is 0.0802. The van der Waals surface area contributed by atoms with Gasteiger partial charge in [0.05, 0.1) is 18.5 Å². The van der Waals surface area contributed by atoms with Crippen LogP contribution in [0.15, 0.2) is 70.2 Å². The standard InChI is InChI=1S/C27H27FN4O7S/c1-16(2)12-24(33)30-19-9-10-22(23(14-19)40(36,37)29-15-21-8-5-11-38-21)39-26-17(3)25(27(34)35)31-32(26)20-7-4-6-18(28)13-20/h4-11,13-14,16,29H,12,15H2,1-3H3,(H,30,33)(H,34,35). The minimum atomic E-state index is -4.27. The van der Waals surface area contributed by atoms with E-state index in [2.05, 4.69) is 15.1 Å².